The third-order valence-corrected chi connectivity index (χ3v) is 3.71. The van der Waals surface area contributed by atoms with Crippen LogP contribution in [0.1, 0.15) is 33.3 Å². The van der Waals surface area contributed by atoms with E-state index in [2.05, 4.69) is 20.9 Å². The summed E-state index contributed by atoms with van der Waals surface area (Å²) < 4.78 is 6.01. The number of aliphatic imine (C=N–C) groups is 1. The van der Waals surface area contributed by atoms with Crippen LogP contribution in [0.3, 0.4) is 0 Å². The molecular weight excluding hydrogens is 368 g/mol. The minimum absolute atomic E-state index is 0.0623. The summed E-state index contributed by atoms with van der Waals surface area (Å²) in [6.45, 7) is 9.13. The summed E-state index contributed by atoms with van der Waals surface area (Å²) in [6.07, 6.45) is 0. The average molecular weight is 399 g/mol. The summed E-state index contributed by atoms with van der Waals surface area (Å²) in [5, 5.41) is 18.2. The standard InChI is InChI=1S/C22H30N4O3/c1-5-23-21(25-15-20(28)26-17-10-12-18(27)13-11-17)24-14-16-8-6-7-9-19(16)29-22(2,3)4/h6-13,27H,5,14-15H2,1-4H3,(H,26,28)(H2,23,24,25). The molecule has 0 aromatic heterocycles. The number of guanidine groups is 1. The lowest BCUT2D eigenvalue weighted by atomic mass is 10.1. The molecule has 0 saturated carbocycles. The van der Waals surface area contributed by atoms with Crippen molar-refractivity contribution in [2.24, 2.45) is 4.99 Å². The molecule has 0 spiro atoms. The number of nitrogens with zero attached hydrogens (tertiary/aromatic N) is 1. The smallest absolute Gasteiger partial charge is 0.243 e. The minimum Gasteiger partial charge on any atom is -0.508 e. The zero-order valence-electron chi connectivity index (χ0n) is 17.5. The molecule has 2 aromatic carbocycles. The fraction of sp³-hybridized carbons (Fsp3) is 0.364. The second kappa shape index (κ2) is 10.4. The Kier molecular flexibility index (Phi) is 7.88. The van der Waals surface area contributed by atoms with E-state index in [0.29, 0.717) is 24.7 Å². The maximum absolute atomic E-state index is 12.2. The number of nitrogens with one attached hydrogen (secondary N) is 3. The number of hydrogen-bond donors (Lipinski definition) is 4. The van der Waals surface area contributed by atoms with Gasteiger partial charge in [-0.15, -0.1) is 0 Å². The van der Waals surface area contributed by atoms with Crippen molar-refractivity contribution < 1.29 is 14.6 Å². The summed E-state index contributed by atoms with van der Waals surface area (Å²) >= 11 is 0. The summed E-state index contributed by atoms with van der Waals surface area (Å²) in [5.74, 6) is 1.28. The Morgan fingerprint density at radius 1 is 1.07 bits per heavy atom. The highest BCUT2D eigenvalue weighted by Crippen LogP contribution is 2.23. The van der Waals surface area contributed by atoms with Crippen molar-refractivity contribution in [1.82, 2.24) is 10.6 Å². The predicted octanol–water partition coefficient (Wildman–Crippen LogP) is 3.26. The summed E-state index contributed by atoms with van der Waals surface area (Å²) in [6, 6.07) is 14.1. The molecule has 0 bridgehead atoms. The number of anilines is 1. The molecule has 7 heteroatoms. The van der Waals surface area contributed by atoms with Gasteiger partial charge in [-0.2, -0.15) is 0 Å². The quantitative estimate of drug-likeness (QED) is 0.326. The van der Waals surface area contributed by atoms with Gasteiger partial charge >= 0.3 is 0 Å². The highest BCUT2D eigenvalue weighted by atomic mass is 16.5. The Morgan fingerprint density at radius 2 is 1.76 bits per heavy atom. The number of hydrogen-bond acceptors (Lipinski definition) is 4. The fourth-order valence-corrected chi connectivity index (χ4v) is 2.48. The predicted molar refractivity (Wildman–Crippen MR) is 116 cm³/mol. The van der Waals surface area contributed by atoms with Crippen LogP contribution in [0.4, 0.5) is 5.69 Å². The number of amides is 1. The van der Waals surface area contributed by atoms with Crippen molar-refractivity contribution in [3.63, 3.8) is 0 Å². The number of para-hydroxylation sites is 1. The Morgan fingerprint density at radius 3 is 2.41 bits per heavy atom. The Labute approximate surface area is 172 Å². The topological polar surface area (TPSA) is 95.0 Å². The Bertz CT molecular complexity index is 827. The summed E-state index contributed by atoms with van der Waals surface area (Å²) in [5.41, 5.74) is 1.28. The molecule has 0 fully saturated rings. The van der Waals surface area contributed by atoms with Crippen LogP contribution in [0.25, 0.3) is 0 Å². The normalized spacial score (nSPS) is 11.7. The number of carbonyl (C=O) groups is 1. The molecule has 0 unspecified atom stereocenters. The van der Waals surface area contributed by atoms with Gasteiger partial charge in [-0.25, -0.2) is 4.99 Å². The van der Waals surface area contributed by atoms with E-state index in [9.17, 15) is 9.90 Å². The third kappa shape index (κ3) is 8.13. The number of aromatic hydroxyl groups is 1. The number of rotatable bonds is 7. The van der Waals surface area contributed by atoms with Gasteiger partial charge in [0.2, 0.25) is 5.91 Å². The second-order valence-electron chi connectivity index (χ2n) is 7.47. The lowest BCUT2D eigenvalue weighted by Gasteiger charge is -2.23. The molecule has 1 amide bonds. The van der Waals surface area contributed by atoms with E-state index in [4.69, 9.17) is 4.74 Å². The lowest BCUT2D eigenvalue weighted by molar-refractivity contribution is -0.115. The monoisotopic (exact) mass is 398 g/mol. The summed E-state index contributed by atoms with van der Waals surface area (Å²) in [7, 11) is 0. The number of ether oxygens (including phenoxy) is 1. The SMILES string of the molecule is CCNC(=NCc1ccccc1OC(C)(C)C)NCC(=O)Nc1ccc(O)cc1. The van der Waals surface area contributed by atoms with Gasteiger partial charge in [0.25, 0.3) is 0 Å². The molecule has 2 rings (SSSR count). The zero-order valence-corrected chi connectivity index (χ0v) is 17.5. The first-order chi connectivity index (χ1) is 13.8. The maximum atomic E-state index is 12.2. The second-order valence-corrected chi connectivity index (χ2v) is 7.47. The van der Waals surface area contributed by atoms with Crippen LogP contribution in [-0.4, -0.2) is 35.7 Å². The Balaban J connectivity index is 1.97. The molecule has 0 heterocycles. The fourth-order valence-electron chi connectivity index (χ4n) is 2.48. The number of carbonyl (C=O) groups excluding carboxylic acids is 1. The molecule has 0 saturated heterocycles. The molecule has 0 aliphatic rings. The van der Waals surface area contributed by atoms with Gasteiger partial charge in [-0.3, -0.25) is 4.79 Å². The van der Waals surface area contributed by atoms with Crippen LogP contribution in [0.5, 0.6) is 11.5 Å². The number of phenols is 1. The molecular formula is C22H30N4O3. The van der Waals surface area contributed by atoms with Gasteiger partial charge in [0, 0.05) is 17.8 Å². The largest absolute Gasteiger partial charge is 0.508 e. The van der Waals surface area contributed by atoms with Crippen LogP contribution in [0.15, 0.2) is 53.5 Å². The first kappa shape index (κ1) is 22.1. The third-order valence-electron chi connectivity index (χ3n) is 3.71. The number of phenolic OH excluding ortho intramolecular Hbond substituents is 1. The van der Waals surface area contributed by atoms with E-state index in [1.807, 2.05) is 52.0 Å². The van der Waals surface area contributed by atoms with Crippen molar-refractivity contribution >= 4 is 17.6 Å². The maximum Gasteiger partial charge on any atom is 0.243 e. The minimum atomic E-state index is -0.297. The van der Waals surface area contributed by atoms with E-state index in [-0.39, 0.29) is 23.8 Å². The van der Waals surface area contributed by atoms with Crippen molar-refractivity contribution in [2.75, 3.05) is 18.4 Å². The zero-order chi connectivity index (χ0) is 21.3. The van der Waals surface area contributed by atoms with Gasteiger partial charge in [0.05, 0.1) is 13.1 Å². The van der Waals surface area contributed by atoms with E-state index >= 15 is 0 Å². The van der Waals surface area contributed by atoms with Crippen LogP contribution in [-0.2, 0) is 11.3 Å². The lowest BCUT2D eigenvalue weighted by Crippen LogP contribution is -2.41. The van der Waals surface area contributed by atoms with Crippen molar-refractivity contribution in [3.05, 3.63) is 54.1 Å². The highest BCUT2D eigenvalue weighted by molar-refractivity contribution is 5.95. The molecule has 0 aliphatic heterocycles. The Hall–Kier alpha value is -3.22. The van der Waals surface area contributed by atoms with Crippen molar-refractivity contribution in [1.29, 1.82) is 0 Å². The molecule has 0 aliphatic carbocycles. The molecule has 2 aromatic rings. The highest BCUT2D eigenvalue weighted by Gasteiger charge is 2.14. The molecule has 29 heavy (non-hydrogen) atoms. The van der Waals surface area contributed by atoms with Gasteiger partial charge in [0.15, 0.2) is 5.96 Å². The molecule has 156 valence electrons. The average Bonchev–Trinajstić information content (AvgIpc) is 2.66. The number of benzene rings is 2. The van der Waals surface area contributed by atoms with Crippen LogP contribution in [0, 0.1) is 0 Å². The van der Waals surface area contributed by atoms with Gasteiger partial charge in [0.1, 0.15) is 17.1 Å². The van der Waals surface area contributed by atoms with E-state index in [1.54, 1.807) is 12.1 Å². The van der Waals surface area contributed by atoms with Gasteiger partial charge < -0.3 is 25.8 Å². The van der Waals surface area contributed by atoms with Gasteiger partial charge in [-0.1, -0.05) is 18.2 Å². The van der Waals surface area contributed by atoms with Crippen LogP contribution < -0.4 is 20.7 Å². The van der Waals surface area contributed by atoms with Crippen LogP contribution in [0.2, 0.25) is 0 Å². The van der Waals surface area contributed by atoms with Crippen LogP contribution >= 0.6 is 0 Å². The molecule has 0 radical (unpaired) electrons. The molecule has 4 N–H and O–H groups in total. The summed E-state index contributed by atoms with van der Waals surface area (Å²) in [4.78, 5) is 16.7. The van der Waals surface area contributed by atoms with Gasteiger partial charge in [-0.05, 0) is 58.0 Å². The van der Waals surface area contributed by atoms with Crippen molar-refractivity contribution in [2.45, 2.75) is 39.8 Å². The first-order valence-electron chi connectivity index (χ1n) is 9.65. The molecule has 0 atom stereocenters. The van der Waals surface area contributed by atoms with E-state index < -0.39 is 0 Å². The van der Waals surface area contributed by atoms with Crippen molar-refractivity contribution in [3.8, 4) is 11.5 Å². The van der Waals surface area contributed by atoms with E-state index in [0.717, 1.165) is 11.3 Å². The first-order valence-corrected chi connectivity index (χ1v) is 9.65. The van der Waals surface area contributed by atoms with E-state index in [1.165, 1.54) is 12.1 Å². The molecule has 7 nitrogen and oxygen atoms in total.